The van der Waals surface area contributed by atoms with E-state index in [1.54, 1.807) is 0 Å². The molecule has 162 valence electrons. The molecule has 3 aromatic heterocycles. The molecular formula is C26H31N3OS. The minimum absolute atomic E-state index is 0.0637. The van der Waals surface area contributed by atoms with Crippen LogP contribution in [0.1, 0.15) is 66.5 Å². The Morgan fingerprint density at radius 3 is 2.32 bits per heavy atom. The van der Waals surface area contributed by atoms with E-state index >= 15 is 0 Å². The van der Waals surface area contributed by atoms with Crippen LogP contribution in [0.4, 0.5) is 0 Å². The third-order valence-electron chi connectivity index (χ3n) is 8.49. The number of hydrogen-bond acceptors (Lipinski definition) is 3. The van der Waals surface area contributed by atoms with Crippen molar-refractivity contribution >= 4 is 27.5 Å². The van der Waals surface area contributed by atoms with Gasteiger partial charge in [-0.25, -0.2) is 4.98 Å². The Kier molecular flexibility index (Phi) is 4.37. The summed E-state index contributed by atoms with van der Waals surface area (Å²) in [7, 11) is 0. The van der Waals surface area contributed by atoms with E-state index < -0.39 is 0 Å². The van der Waals surface area contributed by atoms with Crippen molar-refractivity contribution in [2.24, 2.45) is 23.2 Å². The maximum Gasteiger partial charge on any atom is 0.263 e. The van der Waals surface area contributed by atoms with E-state index in [-0.39, 0.29) is 11.9 Å². The predicted octanol–water partition coefficient (Wildman–Crippen LogP) is 6.04. The predicted molar refractivity (Wildman–Crippen MR) is 126 cm³/mol. The van der Waals surface area contributed by atoms with Gasteiger partial charge in [-0.3, -0.25) is 4.79 Å². The second-order valence-corrected chi connectivity index (χ2v) is 11.6. The molecule has 0 spiro atoms. The number of fused-ring (bicyclic) bond motifs is 1. The molecule has 3 heterocycles. The molecule has 31 heavy (non-hydrogen) atoms. The van der Waals surface area contributed by atoms with Crippen molar-refractivity contribution in [1.29, 1.82) is 0 Å². The lowest BCUT2D eigenvalue weighted by molar-refractivity contribution is -0.0687. The Morgan fingerprint density at radius 2 is 1.71 bits per heavy atom. The van der Waals surface area contributed by atoms with Crippen LogP contribution in [-0.4, -0.2) is 21.5 Å². The van der Waals surface area contributed by atoms with Gasteiger partial charge in [0.1, 0.15) is 9.71 Å². The van der Waals surface area contributed by atoms with Crippen LogP contribution < -0.4 is 5.32 Å². The topological polar surface area (TPSA) is 46.9 Å². The molecule has 0 aliphatic heterocycles. The van der Waals surface area contributed by atoms with Crippen molar-refractivity contribution in [3.05, 3.63) is 46.7 Å². The first kappa shape index (κ1) is 19.5. The van der Waals surface area contributed by atoms with E-state index in [1.165, 1.54) is 49.9 Å². The minimum Gasteiger partial charge on any atom is -0.348 e. The van der Waals surface area contributed by atoms with Gasteiger partial charge < -0.3 is 9.88 Å². The number of rotatable bonds is 4. The molecule has 4 bridgehead atoms. The summed E-state index contributed by atoms with van der Waals surface area (Å²) in [5, 5.41) is 4.54. The van der Waals surface area contributed by atoms with E-state index in [9.17, 15) is 4.79 Å². The fourth-order valence-electron chi connectivity index (χ4n) is 7.44. The highest BCUT2D eigenvalue weighted by Crippen LogP contribution is 2.61. The molecule has 4 saturated carbocycles. The van der Waals surface area contributed by atoms with Crippen LogP contribution in [0.3, 0.4) is 0 Å². The Hall–Kier alpha value is -2.14. The summed E-state index contributed by atoms with van der Waals surface area (Å²) in [6.45, 7) is 6.47. The lowest BCUT2D eigenvalue weighted by Gasteiger charge is -2.59. The van der Waals surface area contributed by atoms with Crippen LogP contribution in [-0.2, 0) is 0 Å². The summed E-state index contributed by atoms with van der Waals surface area (Å²) in [6.07, 6.45) is 10.0. The minimum atomic E-state index is 0.0637. The van der Waals surface area contributed by atoms with Gasteiger partial charge in [0.05, 0.1) is 5.69 Å². The van der Waals surface area contributed by atoms with Gasteiger partial charge in [0.2, 0.25) is 0 Å². The van der Waals surface area contributed by atoms with Gasteiger partial charge in [0.15, 0.2) is 0 Å². The van der Waals surface area contributed by atoms with E-state index in [4.69, 9.17) is 0 Å². The first-order valence-electron chi connectivity index (χ1n) is 11.8. The van der Waals surface area contributed by atoms with Gasteiger partial charge in [-0.15, -0.1) is 11.3 Å². The third kappa shape index (κ3) is 3.00. The number of amides is 1. The summed E-state index contributed by atoms with van der Waals surface area (Å²) in [4.78, 5) is 20.0. The summed E-state index contributed by atoms with van der Waals surface area (Å²) < 4.78 is 2.21. The summed E-state index contributed by atoms with van der Waals surface area (Å²) in [5.74, 6) is 2.73. The molecular weight excluding hydrogens is 402 g/mol. The molecule has 4 aliphatic rings. The number of carbonyl (C=O) groups excluding carboxylic acids is 1. The summed E-state index contributed by atoms with van der Waals surface area (Å²) in [6, 6.07) is 8.51. The van der Waals surface area contributed by atoms with Crippen LogP contribution in [0, 0.1) is 37.0 Å². The SMILES string of the molecule is Cc1ccc(C)n1-c1c(C(=O)N[C@H](C)C23CC4CC(CC(C4)C2)C3)sc2ncccc12. The second-order valence-electron chi connectivity index (χ2n) is 10.6. The number of aryl methyl sites for hydroxylation is 2. The molecule has 0 aromatic carbocycles. The number of aromatic nitrogens is 2. The Balaban J connectivity index is 1.37. The van der Waals surface area contributed by atoms with E-state index in [2.05, 4.69) is 53.8 Å². The first-order valence-corrected chi connectivity index (χ1v) is 12.6. The number of nitrogens with one attached hydrogen (secondary N) is 1. The van der Waals surface area contributed by atoms with Crippen LogP contribution in [0.5, 0.6) is 0 Å². The van der Waals surface area contributed by atoms with Crippen molar-refractivity contribution in [2.45, 2.75) is 65.3 Å². The van der Waals surface area contributed by atoms with Gasteiger partial charge >= 0.3 is 0 Å². The zero-order chi connectivity index (χ0) is 21.3. The second kappa shape index (κ2) is 6.93. The average molecular weight is 434 g/mol. The molecule has 0 saturated heterocycles. The van der Waals surface area contributed by atoms with Crippen LogP contribution >= 0.6 is 11.3 Å². The molecule has 4 nitrogen and oxygen atoms in total. The van der Waals surface area contributed by atoms with E-state index in [0.717, 1.165) is 49.9 Å². The van der Waals surface area contributed by atoms with Crippen molar-refractivity contribution < 1.29 is 4.79 Å². The van der Waals surface area contributed by atoms with Crippen molar-refractivity contribution in [1.82, 2.24) is 14.9 Å². The average Bonchev–Trinajstić information content (AvgIpc) is 3.26. The molecule has 4 aliphatic carbocycles. The maximum absolute atomic E-state index is 13.7. The lowest BCUT2D eigenvalue weighted by Crippen LogP contribution is -2.55. The molecule has 3 aromatic rings. The highest BCUT2D eigenvalue weighted by Gasteiger charge is 2.53. The molecule has 4 fully saturated rings. The number of hydrogen-bond donors (Lipinski definition) is 1. The highest BCUT2D eigenvalue weighted by molar-refractivity contribution is 7.21. The molecule has 1 amide bonds. The maximum atomic E-state index is 13.7. The molecule has 1 atom stereocenters. The number of nitrogens with zero attached hydrogens (tertiary/aromatic N) is 2. The first-order chi connectivity index (χ1) is 14.9. The van der Waals surface area contributed by atoms with Gasteiger partial charge in [0.25, 0.3) is 5.91 Å². The number of pyridine rings is 1. The fourth-order valence-corrected chi connectivity index (χ4v) is 8.47. The normalized spacial score (nSPS) is 30.1. The van der Waals surface area contributed by atoms with Crippen molar-refractivity contribution in [3.8, 4) is 5.69 Å². The number of thiophene rings is 1. The number of carbonyl (C=O) groups is 1. The Bertz CT molecular complexity index is 1120. The third-order valence-corrected chi connectivity index (χ3v) is 9.59. The highest BCUT2D eigenvalue weighted by atomic mass is 32.1. The van der Waals surface area contributed by atoms with Gasteiger partial charge in [-0.2, -0.15) is 0 Å². The van der Waals surface area contributed by atoms with Crippen LogP contribution in [0.25, 0.3) is 15.9 Å². The van der Waals surface area contributed by atoms with Crippen LogP contribution in [0.2, 0.25) is 0 Å². The Morgan fingerprint density at radius 1 is 1.10 bits per heavy atom. The van der Waals surface area contributed by atoms with Crippen molar-refractivity contribution in [3.63, 3.8) is 0 Å². The zero-order valence-corrected chi connectivity index (χ0v) is 19.5. The summed E-state index contributed by atoms with van der Waals surface area (Å²) >= 11 is 1.52. The lowest BCUT2D eigenvalue weighted by atomic mass is 9.48. The van der Waals surface area contributed by atoms with Gasteiger partial charge in [-0.05, 0) is 107 Å². The fraction of sp³-hybridized carbons (Fsp3) is 0.538. The van der Waals surface area contributed by atoms with E-state index in [0.29, 0.717) is 5.41 Å². The van der Waals surface area contributed by atoms with Gasteiger partial charge in [-0.1, -0.05) is 0 Å². The van der Waals surface area contributed by atoms with Crippen molar-refractivity contribution in [2.75, 3.05) is 0 Å². The Labute approximate surface area is 188 Å². The van der Waals surface area contributed by atoms with E-state index in [1.807, 2.05) is 12.3 Å². The molecule has 7 rings (SSSR count). The molecule has 1 N–H and O–H groups in total. The summed E-state index contributed by atoms with van der Waals surface area (Å²) in [5.41, 5.74) is 3.58. The molecule has 0 radical (unpaired) electrons. The molecule has 0 unspecified atom stereocenters. The smallest absolute Gasteiger partial charge is 0.263 e. The largest absolute Gasteiger partial charge is 0.348 e. The molecule has 5 heteroatoms. The van der Waals surface area contributed by atoms with Crippen LogP contribution in [0.15, 0.2) is 30.5 Å². The standard InChI is InChI=1S/C26H31N3OS/c1-15-6-7-16(2)29(15)22-21-5-4-8-27-25(21)31-23(22)24(30)28-17(3)26-12-18-9-19(13-26)11-20(10-18)14-26/h4-8,17-20H,9-14H2,1-3H3,(H,28,30)/t17-,18?,19?,20?,26?/m1/s1. The quantitative estimate of drug-likeness (QED) is 0.545. The monoisotopic (exact) mass is 433 g/mol. The van der Waals surface area contributed by atoms with Gasteiger partial charge in [0, 0.05) is 29.0 Å². The zero-order valence-electron chi connectivity index (χ0n) is 18.6.